The molecule has 2 aliphatic rings. The zero-order valence-corrected chi connectivity index (χ0v) is 8.18. The molecule has 1 heterocycles. The van der Waals surface area contributed by atoms with Gasteiger partial charge in [0.1, 0.15) is 6.10 Å². The summed E-state index contributed by atoms with van der Waals surface area (Å²) in [5.74, 6) is -0.0609. The molecule has 1 aliphatic heterocycles. The quantitative estimate of drug-likeness (QED) is 0.512. The van der Waals surface area contributed by atoms with E-state index in [1.807, 2.05) is 0 Å². The Labute approximate surface area is 82.8 Å². The summed E-state index contributed by atoms with van der Waals surface area (Å²) in [4.78, 5) is 3.93. The maximum atomic E-state index is 9.68. The molecular formula is C9H16N2O3. The zero-order chi connectivity index (χ0) is 10.1. The van der Waals surface area contributed by atoms with E-state index in [1.165, 1.54) is 0 Å². The van der Waals surface area contributed by atoms with Gasteiger partial charge in [0.15, 0.2) is 0 Å². The minimum atomic E-state index is -0.437. The summed E-state index contributed by atoms with van der Waals surface area (Å²) in [6.45, 7) is 0.0202. The number of nitrogens with one attached hydrogen (secondary N) is 1. The lowest BCUT2D eigenvalue weighted by molar-refractivity contribution is -0.00906. The van der Waals surface area contributed by atoms with Gasteiger partial charge in [0.25, 0.3) is 6.02 Å². The number of nitrogens with zero attached hydrogens (tertiary/aromatic N) is 1. The zero-order valence-electron chi connectivity index (χ0n) is 8.18. The van der Waals surface area contributed by atoms with Gasteiger partial charge >= 0.3 is 0 Å². The minimum Gasteiger partial charge on any atom is -0.460 e. The van der Waals surface area contributed by atoms with Gasteiger partial charge in [-0.2, -0.15) is 0 Å². The number of aliphatic hydroxyl groups is 2. The molecule has 0 amide bonds. The van der Waals surface area contributed by atoms with E-state index in [1.54, 1.807) is 7.05 Å². The van der Waals surface area contributed by atoms with Crippen molar-refractivity contribution in [2.24, 2.45) is 10.9 Å². The molecule has 0 bridgehead atoms. The third-order valence-corrected chi connectivity index (χ3v) is 3.03. The Bertz CT molecular complexity index is 244. The fourth-order valence-electron chi connectivity index (χ4n) is 2.16. The average molecular weight is 200 g/mol. The van der Waals surface area contributed by atoms with Crippen LogP contribution in [0.3, 0.4) is 0 Å². The van der Waals surface area contributed by atoms with E-state index in [9.17, 15) is 5.11 Å². The van der Waals surface area contributed by atoms with Gasteiger partial charge in [-0.15, -0.1) is 0 Å². The van der Waals surface area contributed by atoms with Gasteiger partial charge in [0.2, 0.25) is 0 Å². The number of hydrogen-bond donors (Lipinski definition) is 3. The van der Waals surface area contributed by atoms with Crippen LogP contribution in [0.15, 0.2) is 4.99 Å². The average Bonchev–Trinajstić information content (AvgIpc) is 2.58. The largest absolute Gasteiger partial charge is 0.460 e. The van der Waals surface area contributed by atoms with Gasteiger partial charge in [-0.3, -0.25) is 0 Å². The fourth-order valence-corrected chi connectivity index (χ4v) is 2.16. The van der Waals surface area contributed by atoms with Crippen LogP contribution in [-0.2, 0) is 4.74 Å². The summed E-state index contributed by atoms with van der Waals surface area (Å²) < 4.78 is 5.51. The van der Waals surface area contributed by atoms with Crippen LogP contribution in [0, 0.1) is 5.92 Å². The Morgan fingerprint density at radius 3 is 3.00 bits per heavy atom. The molecule has 1 saturated heterocycles. The van der Waals surface area contributed by atoms with Crippen molar-refractivity contribution >= 4 is 6.02 Å². The number of rotatable bonds is 1. The summed E-state index contributed by atoms with van der Waals surface area (Å²) in [6.07, 6.45) is 0.923. The summed E-state index contributed by atoms with van der Waals surface area (Å²) in [5.41, 5.74) is 0. The van der Waals surface area contributed by atoms with Crippen LogP contribution in [0.2, 0.25) is 0 Å². The second kappa shape index (κ2) is 3.74. The Balaban J connectivity index is 2.03. The predicted molar refractivity (Wildman–Crippen MR) is 51.0 cm³/mol. The molecule has 14 heavy (non-hydrogen) atoms. The fraction of sp³-hybridized carbons (Fsp3) is 0.889. The van der Waals surface area contributed by atoms with Crippen LogP contribution in [0.25, 0.3) is 0 Å². The van der Waals surface area contributed by atoms with Gasteiger partial charge in [-0.25, -0.2) is 4.99 Å². The second-order valence-corrected chi connectivity index (χ2v) is 3.92. The van der Waals surface area contributed by atoms with Crippen molar-refractivity contribution in [2.75, 3.05) is 13.7 Å². The number of hydrogen-bond acceptors (Lipinski definition) is 4. The standard InChI is InChI=1S/C9H16N2O3/c1-10-9-11-6-3-7(13)5(4-12)2-8(6)14-9/h5-8,12-13H,2-4H2,1H3,(H,10,11). The molecule has 0 spiro atoms. The summed E-state index contributed by atoms with van der Waals surface area (Å²) in [6, 6.07) is 0.692. The lowest BCUT2D eigenvalue weighted by atomic mass is 9.82. The van der Waals surface area contributed by atoms with Crippen molar-refractivity contribution < 1.29 is 14.9 Å². The monoisotopic (exact) mass is 200 g/mol. The first kappa shape index (κ1) is 9.73. The molecule has 1 aliphatic carbocycles. The van der Waals surface area contributed by atoms with Gasteiger partial charge in [0, 0.05) is 19.6 Å². The highest BCUT2D eigenvalue weighted by Gasteiger charge is 2.42. The molecule has 2 fully saturated rings. The first-order valence-corrected chi connectivity index (χ1v) is 4.93. The third kappa shape index (κ3) is 1.57. The molecule has 0 radical (unpaired) electrons. The lowest BCUT2D eigenvalue weighted by Crippen LogP contribution is -2.45. The number of aliphatic imine (C=N–C) groups is 1. The van der Waals surface area contributed by atoms with E-state index in [0.717, 1.165) is 0 Å². The van der Waals surface area contributed by atoms with Crippen LogP contribution in [0.5, 0.6) is 0 Å². The molecule has 80 valence electrons. The second-order valence-electron chi connectivity index (χ2n) is 3.92. The molecule has 4 unspecified atom stereocenters. The molecule has 4 atom stereocenters. The Kier molecular flexibility index (Phi) is 2.60. The summed E-state index contributed by atoms with van der Waals surface area (Å²) >= 11 is 0. The van der Waals surface area contributed by atoms with E-state index in [0.29, 0.717) is 18.9 Å². The van der Waals surface area contributed by atoms with Crippen molar-refractivity contribution in [3.63, 3.8) is 0 Å². The maximum Gasteiger partial charge on any atom is 0.285 e. The molecule has 2 rings (SSSR count). The van der Waals surface area contributed by atoms with Crippen LogP contribution < -0.4 is 5.32 Å². The first-order valence-electron chi connectivity index (χ1n) is 4.93. The van der Waals surface area contributed by atoms with Crippen molar-refractivity contribution in [1.82, 2.24) is 5.32 Å². The summed E-state index contributed by atoms with van der Waals surface area (Å²) in [5, 5.41) is 21.8. The third-order valence-electron chi connectivity index (χ3n) is 3.03. The highest BCUT2D eigenvalue weighted by molar-refractivity contribution is 5.76. The lowest BCUT2D eigenvalue weighted by Gasteiger charge is -2.32. The molecule has 0 aromatic heterocycles. The topological polar surface area (TPSA) is 74.1 Å². The molecule has 0 aromatic rings. The molecule has 1 saturated carbocycles. The number of aliphatic hydroxyl groups excluding tert-OH is 2. The molecule has 3 N–H and O–H groups in total. The van der Waals surface area contributed by atoms with E-state index >= 15 is 0 Å². The Morgan fingerprint density at radius 1 is 1.57 bits per heavy atom. The minimum absolute atomic E-state index is 0.0202. The van der Waals surface area contributed by atoms with Crippen LogP contribution >= 0.6 is 0 Å². The van der Waals surface area contributed by atoms with E-state index in [2.05, 4.69) is 10.3 Å². The molecule has 0 aromatic carbocycles. The number of fused-ring (bicyclic) bond motifs is 1. The van der Waals surface area contributed by atoms with Gasteiger partial charge in [-0.05, 0) is 12.8 Å². The van der Waals surface area contributed by atoms with Crippen LogP contribution in [-0.4, -0.2) is 48.1 Å². The maximum absolute atomic E-state index is 9.68. The van der Waals surface area contributed by atoms with Crippen LogP contribution in [0.4, 0.5) is 0 Å². The van der Waals surface area contributed by atoms with Crippen molar-refractivity contribution in [1.29, 1.82) is 0 Å². The normalized spacial score (nSPS) is 44.4. The smallest absolute Gasteiger partial charge is 0.285 e. The van der Waals surface area contributed by atoms with Gasteiger partial charge in [0.05, 0.1) is 12.1 Å². The van der Waals surface area contributed by atoms with Crippen LogP contribution in [0.1, 0.15) is 12.8 Å². The van der Waals surface area contributed by atoms with E-state index < -0.39 is 6.10 Å². The van der Waals surface area contributed by atoms with Crippen molar-refractivity contribution in [3.8, 4) is 0 Å². The SMILES string of the molecule is CN=C1NC2CC(O)C(CO)CC2O1. The highest BCUT2D eigenvalue weighted by atomic mass is 16.5. The Hall–Kier alpha value is -0.810. The van der Waals surface area contributed by atoms with E-state index in [-0.39, 0.29) is 24.7 Å². The molecular weight excluding hydrogens is 184 g/mol. The highest BCUT2D eigenvalue weighted by Crippen LogP contribution is 2.29. The van der Waals surface area contributed by atoms with Crippen molar-refractivity contribution in [3.05, 3.63) is 0 Å². The van der Waals surface area contributed by atoms with Gasteiger partial charge in [-0.1, -0.05) is 0 Å². The van der Waals surface area contributed by atoms with E-state index in [4.69, 9.17) is 9.84 Å². The van der Waals surface area contributed by atoms with Crippen molar-refractivity contribution in [2.45, 2.75) is 31.1 Å². The molecule has 5 nitrogen and oxygen atoms in total. The number of ether oxygens (including phenoxy) is 1. The predicted octanol–water partition coefficient (Wildman–Crippen LogP) is -0.908. The molecule has 5 heteroatoms. The van der Waals surface area contributed by atoms with Gasteiger partial charge < -0.3 is 20.3 Å². The first-order chi connectivity index (χ1) is 6.74. The number of amidine groups is 1. The Morgan fingerprint density at radius 2 is 2.36 bits per heavy atom. The summed E-state index contributed by atoms with van der Waals surface area (Å²) in [7, 11) is 1.67.